The van der Waals surface area contributed by atoms with Crippen molar-refractivity contribution in [1.82, 2.24) is 9.80 Å². The fourth-order valence-corrected chi connectivity index (χ4v) is 4.45. The largest absolute Gasteiger partial charge is 0.507 e. The van der Waals surface area contributed by atoms with E-state index >= 15 is 0 Å². The van der Waals surface area contributed by atoms with Gasteiger partial charge in [-0.05, 0) is 68.4 Å². The molecule has 3 rings (SSSR count). The molecule has 0 saturated carbocycles. The molecule has 1 atom stereocenters. The van der Waals surface area contributed by atoms with Crippen molar-refractivity contribution in [2.75, 3.05) is 39.4 Å². The van der Waals surface area contributed by atoms with Gasteiger partial charge < -0.3 is 30.1 Å². The van der Waals surface area contributed by atoms with Gasteiger partial charge in [0.15, 0.2) is 6.61 Å². The van der Waals surface area contributed by atoms with Crippen LogP contribution in [0.2, 0.25) is 0 Å². The number of aliphatic hydroxyl groups is 1. The van der Waals surface area contributed by atoms with E-state index < -0.39 is 23.6 Å². The van der Waals surface area contributed by atoms with Gasteiger partial charge in [0.2, 0.25) is 0 Å². The zero-order valence-corrected chi connectivity index (χ0v) is 21.8. The maximum Gasteiger partial charge on any atom is 0.295 e. The smallest absolute Gasteiger partial charge is 0.295 e. The molecule has 1 fully saturated rings. The Morgan fingerprint density at radius 3 is 2.24 bits per heavy atom. The van der Waals surface area contributed by atoms with E-state index in [1.54, 1.807) is 42.5 Å². The number of benzene rings is 2. The Labute approximate surface area is 217 Å². The molecular formula is C28H35N3O6. The van der Waals surface area contributed by atoms with Gasteiger partial charge in [0, 0.05) is 18.7 Å². The summed E-state index contributed by atoms with van der Waals surface area (Å²) in [5.74, 6) is -1.15. The van der Waals surface area contributed by atoms with E-state index in [-0.39, 0.29) is 17.9 Å². The first-order valence-electron chi connectivity index (χ1n) is 12.5. The maximum absolute atomic E-state index is 13.3. The van der Waals surface area contributed by atoms with Crippen LogP contribution < -0.4 is 15.2 Å². The van der Waals surface area contributed by atoms with E-state index in [1.807, 2.05) is 27.7 Å². The van der Waals surface area contributed by atoms with Crippen LogP contribution in [0.1, 0.15) is 43.5 Å². The third-order valence-electron chi connectivity index (χ3n) is 6.43. The second-order valence-electron chi connectivity index (χ2n) is 8.75. The highest BCUT2D eigenvalue weighted by Crippen LogP contribution is 2.40. The van der Waals surface area contributed by atoms with Gasteiger partial charge in [-0.25, -0.2) is 0 Å². The van der Waals surface area contributed by atoms with Crippen molar-refractivity contribution in [3.05, 3.63) is 64.7 Å². The molecule has 1 saturated heterocycles. The first-order valence-corrected chi connectivity index (χ1v) is 12.5. The number of aryl methyl sites for hydroxylation is 1. The predicted octanol–water partition coefficient (Wildman–Crippen LogP) is 3.02. The first kappa shape index (κ1) is 27.7. The quantitative estimate of drug-likeness (QED) is 0.256. The Bertz CT molecular complexity index is 1170. The number of nitrogens with two attached hydrogens (primary N) is 1. The summed E-state index contributed by atoms with van der Waals surface area (Å²) in [6.07, 6.45) is 0. The van der Waals surface area contributed by atoms with Gasteiger partial charge in [0.25, 0.3) is 17.6 Å². The highest BCUT2D eigenvalue weighted by molar-refractivity contribution is 6.46. The first-order chi connectivity index (χ1) is 17.7. The molecule has 1 aliphatic rings. The van der Waals surface area contributed by atoms with Gasteiger partial charge in [-0.15, -0.1) is 0 Å². The van der Waals surface area contributed by atoms with E-state index in [9.17, 15) is 19.5 Å². The lowest BCUT2D eigenvalue weighted by Crippen LogP contribution is -2.38. The normalized spacial score (nSPS) is 16.9. The van der Waals surface area contributed by atoms with Crippen LogP contribution in [0.15, 0.2) is 48.0 Å². The Balaban J connectivity index is 2.07. The van der Waals surface area contributed by atoms with Gasteiger partial charge in [-0.1, -0.05) is 26.0 Å². The molecule has 9 nitrogen and oxygen atoms in total. The molecule has 198 valence electrons. The van der Waals surface area contributed by atoms with E-state index in [2.05, 4.69) is 4.90 Å². The van der Waals surface area contributed by atoms with Gasteiger partial charge in [-0.2, -0.15) is 0 Å². The highest BCUT2D eigenvalue weighted by Gasteiger charge is 2.46. The Morgan fingerprint density at radius 2 is 1.68 bits per heavy atom. The summed E-state index contributed by atoms with van der Waals surface area (Å²) in [7, 11) is 0. The molecule has 1 aliphatic heterocycles. The number of likely N-dealkylation sites (tertiary alicyclic amines) is 1. The summed E-state index contributed by atoms with van der Waals surface area (Å²) in [5, 5.41) is 11.4. The van der Waals surface area contributed by atoms with Gasteiger partial charge in [-0.3, -0.25) is 14.4 Å². The van der Waals surface area contributed by atoms with Gasteiger partial charge in [0.1, 0.15) is 17.3 Å². The summed E-state index contributed by atoms with van der Waals surface area (Å²) in [6.45, 7) is 10.5. The zero-order chi connectivity index (χ0) is 27.1. The van der Waals surface area contributed by atoms with Crippen molar-refractivity contribution in [1.29, 1.82) is 0 Å². The van der Waals surface area contributed by atoms with Crippen LogP contribution in [-0.4, -0.2) is 71.9 Å². The van der Waals surface area contributed by atoms with Crippen LogP contribution in [0, 0.1) is 6.92 Å². The van der Waals surface area contributed by atoms with Crippen LogP contribution in [0.4, 0.5) is 0 Å². The Kier molecular flexibility index (Phi) is 9.30. The molecule has 1 unspecified atom stereocenters. The van der Waals surface area contributed by atoms with E-state index in [0.717, 1.165) is 13.1 Å². The molecule has 0 spiro atoms. The standard InChI is InChI=1S/C28H35N3O6/c1-5-30(6-2)14-15-31-25(19-8-10-20(11-9-19)37-17-23(29)32)24(27(34)28(31)35)26(33)22-13-12-21(36-7-3)16-18(22)4/h8-13,16,25,33H,5-7,14-15,17H2,1-4H3,(H2,29,32)/b26-24+. The minimum atomic E-state index is -0.785. The number of carbonyl (C=O) groups excluding carboxylic acids is 3. The number of primary amides is 1. The predicted molar refractivity (Wildman–Crippen MR) is 140 cm³/mol. The fraction of sp³-hybridized carbons (Fsp3) is 0.393. The summed E-state index contributed by atoms with van der Waals surface area (Å²) >= 11 is 0. The zero-order valence-electron chi connectivity index (χ0n) is 21.8. The topological polar surface area (TPSA) is 122 Å². The van der Waals surface area contributed by atoms with Crippen LogP contribution in [0.5, 0.6) is 11.5 Å². The number of Topliss-reactive ketones (excluding diaryl/α,β-unsaturated/α-hetero) is 1. The Morgan fingerprint density at radius 1 is 1.03 bits per heavy atom. The molecule has 3 N–H and O–H groups in total. The molecule has 1 heterocycles. The SMILES string of the molecule is CCOc1ccc(/C(O)=C2\C(=O)C(=O)N(CCN(CC)CC)C2c2ccc(OCC(N)=O)cc2)c(C)c1. The van der Waals surface area contributed by atoms with Crippen molar-refractivity contribution >= 4 is 23.4 Å². The lowest BCUT2D eigenvalue weighted by molar-refractivity contribution is -0.140. The molecule has 37 heavy (non-hydrogen) atoms. The molecular weight excluding hydrogens is 474 g/mol. The molecule has 2 amide bonds. The lowest BCUT2D eigenvalue weighted by Gasteiger charge is -2.28. The number of hydrogen-bond acceptors (Lipinski definition) is 7. The van der Waals surface area contributed by atoms with Crippen molar-refractivity contribution in [2.24, 2.45) is 5.73 Å². The number of aliphatic hydroxyl groups excluding tert-OH is 1. The van der Waals surface area contributed by atoms with E-state index in [4.69, 9.17) is 15.2 Å². The minimum absolute atomic E-state index is 0.0302. The van der Waals surface area contributed by atoms with Crippen LogP contribution in [0.25, 0.3) is 5.76 Å². The summed E-state index contributed by atoms with van der Waals surface area (Å²) in [4.78, 5) is 41.2. The fourth-order valence-electron chi connectivity index (χ4n) is 4.45. The number of ether oxygens (including phenoxy) is 2. The number of hydrogen-bond donors (Lipinski definition) is 2. The molecule has 0 aromatic heterocycles. The van der Waals surface area contributed by atoms with Crippen molar-refractivity contribution in [2.45, 2.75) is 33.7 Å². The molecule has 2 aromatic carbocycles. The number of amides is 2. The molecule has 0 bridgehead atoms. The summed E-state index contributed by atoms with van der Waals surface area (Å²) in [6, 6.07) is 11.1. The summed E-state index contributed by atoms with van der Waals surface area (Å²) in [5.41, 5.74) is 6.99. The molecule has 2 aromatic rings. The minimum Gasteiger partial charge on any atom is -0.507 e. The van der Waals surface area contributed by atoms with Crippen LogP contribution >= 0.6 is 0 Å². The number of nitrogens with zero attached hydrogens (tertiary/aromatic N) is 2. The Hall–Kier alpha value is -3.85. The average Bonchev–Trinajstić information content (AvgIpc) is 3.13. The lowest BCUT2D eigenvalue weighted by atomic mass is 9.94. The monoisotopic (exact) mass is 509 g/mol. The average molecular weight is 510 g/mol. The van der Waals surface area contributed by atoms with Gasteiger partial charge in [0.05, 0.1) is 18.2 Å². The number of likely N-dealkylation sites (N-methyl/N-ethyl adjacent to an activating group) is 1. The maximum atomic E-state index is 13.3. The summed E-state index contributed by atoms with van der Waals surface area (Å²) < 4.78 is 10.9. The van der Waals surface area contributed by atoms with Crippen molar-refractivity contribution in [3.8, 4) is 11.5 Å². The third kappa shape index (κ3) is 6.29. The molecule has 0 radical (unpaired) electrons. The van der Waals surface area contributed by atoms with E-state index in [0.29, 0.717) is 47.9 Å². The van der Waals surface area contributed by atoms with Gasteiger partial charge >= 0.3 is 0 Å². The number of rotatable bonds is 12. The molecule has 0 aliphatic carbocycles. The highest BCUT2D eigenvalue weighted by atomic mass is 16.5. The second-order valence-corrected chi connectivity index (χ2v) is 8.75. The second kappa shape index (κ2) is 12.4. The van der Waals surface area contributed by atoms with Crippen LogP contribution in [-0.2, 0) is 14.4 Å². The van der Waals surface area contributed by atoms with Crippen molar-refractivity contribution in [3.63, 3.8) is 0 Å². The third-order valence-corrected chi connectivity index (χ3v) is 6.43. The number of carbonyl (C=O) groups is 3. The molecule has 9 heteroatoms. The van der Waals surface area contributed by atoms with Crippen molar-refractivity contribution < 1.29 is 29.0 Å². The van der Waals surface area contributed by atoms with E-state index in [1.165, 1.54) is 4.90 Å². The number of ketones is 1. The van der Waals surface area contributed by atoms with Crippen LogP contribution in [0.3, 0.4) is 0 Å².